The molecule has 0 heterocycles. The van der Waals surface area contributed by atoms with Crippen LogP contribution in [0.5, 0.6) is 0 Å². The maximum absolute atomic E-state index is 13.8. The SMILES string of the molecule is Cc1ccc(CC(C)(N)c2ccccc2F)cc1. The van der Waals surface area contributed by atoms with Crippen molar-refractivity contribution in [2.75, 3.05) is 0 Å². The molecule has 2 heteroatoms. The fraction of sp³-hybridized carbons (Fsp3) is 0.250. The highest BCUT2D eigenvalue weighted by atomic mass is 19.1. The Hall–Kier alpha value is -1.67. The predicted molar refractivity (Wildman–Crippen MR) is 72.8 cm³/mol. The summed E-state index contributed by atoms with van der Waals surface area (Å²) in [4.78, 5) is 0. The van der Waals surface area contributed by atoms with Gasteiger partial charge in [0.25, 0.3) is 0 Å². The average Bonchev–Trinajstić information content (AvgIpc) is 2.32. The second-order valence-corrected chi connectivity index (χ2v) is 5.06. The molecule has 0 aromatic heterocycles. The van der Waals surface area contributed by atoms with Gasteiger partial charge in [0.15, 0.2) is 0 Å². The van der Waals surface area contributed by atoms with Crippen LogP contribution >= 0.6 is 0 Å². The summed E-state index contributed by atoms with van der Waals surface area (Å²) in [5.74, 6) is -0.241. The fourth-order valence-corrected chi connectivity index (χ4v) is 2.15. The van der Waals surface area contributed by atoms with Crippen LogP contribution in [-0.2, 0) is 12.0 Å². The third kappa shape index (κ3) is 2.77. The Kier molecular flexibility index (Phi) is 3.48. The molecule has 0 aliphatic rings. The largest absolute Gasteiger partial charge is 0.321 e. The molecule has 1 atom stereocenters. The molecule has 0 radical (unpaired) electrons. The number of hydrogen-bond donors (Lipinski definition) is 1. The van der Waals surface area contributed by atoms with Crippen LogP contribution in [0, 0.1) is 12.7 Å². The van der Waals surface area contributed by atoms with E-state index in [0.29, 0.717) is 12.0 Å². The lowest BCUT2D eigenvalue weighted by Crippen LogP contribution is -2.36. The number of hydrogen-bond acceptors (Lipinski definition) is 1. The Bertz CT molecular complexity index is 529. The summed E-state index contributed by atoms with van der Waals surface area (Å²) in [7, 11) is 0. The van der Waals surface area contributed by atoms with Gasteiger partial charge in [-0.15, -0.1) is 0 Å². The summed E-state index contributed by atoms with van der Waals surface area (Å²) in [5, 5.41) is 0. The van der Waals surface area contributed by atoms with E-state index in [4.69, 9.17) is 5.73 Å². The number of aryl methyl sites for hydroxylation is 1. The van der Waals surface area contributed by atoms with Crippen LogP contribution in [0.1, 0.15) is 23.6 Å². The van der Waals surface area contributed by atoms with Gasteiger partial charge in [-0.05, 0) is 31.9 Å². The predicted octanol–water partition coefficient (Wildman–Crippen LogP) is 3.55. The molecule has 0 spiro atoms. The summed E-state index contributed by atoms with van der Waals surface area (Å²) in [5.41, 5.74) is 8.47. The second-order valence-electron chi connectivity index (χ2n) is 5.06. The maximum atomic E-state index is 13.8. The molecule has 0 saturated carbocycles. The molecule has 1 unspecified atom stereocenters. The first-order valence-electron chi connectivity index (χ1n) is 6.08. The van der Waals surface area contributed by atoms with E-state index in [1.54, 1.807) is 12.1 Å². The van der Waals surface area contributed by atoms with E-state index >= 15 is 0 Å². The molecule has 0 aliphatic heterocycles. The highest BCUT2D eigenvalue weighted by molar-refractivity contribution is 5.30. The zero-order chi connectivity index (χ0) is 13.2. The van der Waals surface area contributed by atoms with E-state index in [0.717, 1.165) is 5.56 Å². The molecule has 0 amide bonds. The molecule has 2 rings (SSSR count). The van der Waals surface area contributed by atoms with Crippen molar-refractivity contribution in [1.82, 2.24) is 0 Å². The van der Waals surface area contributed by atoms with Gasteiger partial charge >= 0.3 is 0 Å². The molecule has 2 aromatic rings. The van der Waals surface area contributed by atoms with Gasteiger partial charge in [0.2, 0.25) is 0 Å². The van der Waals surface area contributed by atoms with Crippen molar-refractivity contribution in [2.45, 2.75) is 25.8 Å². The van der Waals surface area contributed by atoms with Gasteiger partial charge in [0.1, 0.15) is 5.82 Å². The van der Waals surface area contributed by atoms with Gasteiger partial charge in [0.05, 0.1) is 0 Å². The Morgan fingerprint density at radius 3 is 2.28 bits per heavy atom. The third-order valence-electron chi connectivity index (χ3n) is 3.18. The molecule has 2 N–H and O–H groups in total. The van der Waals surface area contributed by atoms with Crippen molar-refractivity contribution < 1.29 is 4.39 Å². The van der Waals surface area contributed by atoms with E-state index in [-0.39, 0.29) is 5.82 Å². The zero-order valence-corrected chi connectivity index (χ0v) is 10.8. The summed E-state index contributed by atoms with van der Waals surface area (Å²) in [6, 6.07) is 14.9. The highest BCUT2D eigenvalue weighted by Crippen LogP contribution is 2.25. The van der Waals surface area contributed by atoms with Crippen molar-refractivity contribution in [3.05, 3.63) is 71.0 Å². The molecular weight excluding hydrogens is 225 g/mol. The Morgan fingerprint density at radius 2 is 1.67 bits per heavy atom. The van der Waals surface area contributed by atoms with Crippen LogP contribution in [0.4, 0.5) is 4.39 Å². The van der Waals surface area contributed by atoms with Gasteiger partial charge in [-0.1, -0.05) is 48.0 Å². The van der Waals surface area contributed by atoms with E-state index in [9.17, 15) is 4.39 Å². The highest BCUT2D eigenvalue weighted by Gasteiger charge is 2.24. The van der Waals surface area contributed by atoms with Crippen molar-refractivity contribution in [1.29, 1.82) is 0 Å². The number of benzene rings is 2. The van der Waals surface area contributed by atoms with E-state index < -0.39 is 5.54 Å². The molecule has 2 aromatic carbocycles. The lowest BCUT2D eigenvalue weighted by atomic mass is 9.86. The fourth-order valence-electron chi connectivity index (χ4n) is 2.15. The molecule has 94 valence electrons. The quantitative estimate of drug-likeness (QED) is 0.876. The van der Waals surface area contributed by atoms with Gasteiger partial charge in [-0.25, -0.2) is 4.39 Å². The summed E-state index contributed by atoms with van der Waals surface area (Å²) >= 11 is 0. The molecule has 1 nitrogen and oxygen atoms in total. The zero-order valence-electron chi connectivity index (χ0n) is 10.8. The standard InChI is InChI=1S/C16H18FN/c1-12-7-9-13(10-8-12)11-16(2,18)14-5-3-4-6-15(14)17/h3-10H,11,18H2,1-2H3. The molecule has 0 saturated heterocycles. The van der Waals surface area contributed by atoms with Crippen LogP contribution < -0.4 is 5.73 Å². The lowest BCUT2D eigenvalue weighted by Gasteiger charge is -2.26. The normalized spacial score (nSPS) is 14.2. The monoisotopic (exact) mass is 243 g/mol. The van der Waals surface area contributed by atoms with Crippen molar-refractivity contribution >= 4 is 0 Å². The van der Waals surface area contributed by atoms with Crippen molar-refractivity contribution in [3.63, 3.8) is 0 Å². The van der Waals surface area contributed by atoms with E-state index in [2.05, 4.69) is 0 Å². The summed E-state index contributed by atoms with van der Waals surface area (Å²) in [6.45, 7) is 3.91. The smallest absolute Gasteiger partial charge is 0.128 e. The topological polar surface area (TPSA) is 26.0 Å². The van der Waals surface area contributed by atoms with Crippen molar-refractivity contribution in [2.24, 2.45) is 5.73 Å². The Balaban J connectivity index is 2.27. The number of nitrogens with two attached hydrogens (primary N) is 1. The number of halogens is 1. The Morgan fingerprint density at radius 1 is 1.06 bits per heavy atom. The van der Waals surface area contributed by atoms with Gasteiger partial charge in [-0.3, -0.25) is 0 Å². The van der Waals surface area contributed by atoms with E-state index in [1.807, 2.05) is 44.2 Å². The first-order chi connectivity index (χ1) is 8.49. The summed E-state index contributed by atoms with van der Waals surface area (Å²) < 4.78 is 13.8. The van der Waals surface area contributed by atoms with Gasteiger partial charge < -0.3 is 5.73 Å². The second kappa shape index (κ2) is 4.91. The molecule has 0 fully saturated rings. The van der Waals surface area contributed by atoms with E-state index in [1.165, 1.54) is 11.6 Å². The molecular formula is C16H18FN. The van der Waals surface area contributed by atoms with Crippen LogP contribution in [-0.4, -0.2) is 0 Å². The number of rotatable bonds is 3. The minimum absolute atomic E-state index is 0.241. The van der Waals surface area contributed by atoms with Crippen LogP contribution in [0.3, 0.4) is 0 Å². The minimum Gasteiger partial charge on any atom is -0.321 e. The van der Waals surface area contributed by atoms with Gasteiger partial charge in [-0.2, -0.15) is 0 Å². The average molecular weight is 243 g/mol. The van der Waals surface area contributed by atoms with Crippen LogP contribution in [0.25, 0.3) is 0 Å². The minimum atomic E-state index is -0.694. The molecule has 0 bridgehead atoms. The van der Waals surface area contributed by atoms with Crippen LogP contribution in [0.2, 0.25) is 0 Å². The Labute approximate surface area is 107 Å². The molecule has 0 aliphatic carbocycles. The van der Waals surface area contributed by atoms with Crippen molar-refractivity contribution in [3.8, 4) is 0 Å². The lowest BCUT2D eigenvalue weighted by molar-refractivity contribution is 0.457. The first-order valence-corrected chi connectivity index (χ1v) is 6.08. The third-order valence-corrected chi connectivity index (χ3v) is 3.18. The maximum Gasteiger partial charge on any atom is 0.128 e. The summed E-state index contributed by atoms with van der Waals surface area (Å²) in [6.07, 6.45) is 0.619. The van der Waals surface area contributed by atoms with Gasteiger partial charge in [0, 0.05) is 11.1 Å². The molecule has 18 heavy (non-hydrogen) atoms. The first kappa shape index (κ1) is 12.8. The van der Waals surface area contributed by atoms with Crippen LogP contribution in [0.15, 0.2) is 48.5 Å².